The second-order valence-corrected chi connectivity index (χ2v) is 5.30. The number of amides is 1. The van der Waals surface area contributed by atoms with Gasteiger partial charge in [-0.15, -0.1) is 0 Å². The van der Waals surface area contributed by atoms with Crippen molar-refractivity contribution in [1.82, 2.24) is 14.9 Å². The van der Waals surface area contributed by atoms with Gasteiger partial charge in [-0.1, -0.05) is 0 Å². The van der Waals surface area contributed by atoms with E-state index in [4.69, 9.17) is 4.74 Å². The Hall–Kier alpha value is -1.85. The molecule has 0 unspecified atom stereocenters. The van der Waals surface area contributed by atoms with Gasteiger partial charge in [0.15, 0.2) is 5.82 Å². The van der Waals surface area contributed by atoms with E-state index < -0.39 is 0 Å². The number of nitrogens with zero attached hydrogens (tertiary/aromatic N) is 4. The van der Waals surface area contributed by atoms with Crippen molar-refractivity contribution < 1.29 is 9.53 Å². The summed E-state index contributed by atoms with van der Waals surface area (Å²) in [5.41, 5.74) is 0. The fourth-order valence-corrected chi connectivity index (χ4v) is 3.12. The van der Waals surface area contributed by atoms with Crippen LogP contribution in [-0.2, 0) is 4.79 Å². The summed E-state index contributed by atoms with van der Waals surface area (Å²) in [4.78, 5) is 24.6. The van der Waals surface area contributed by atoms with E-state index >= 15 is 0 Å². The van der Waals surface area contributed by atoms with Crippen LogP contribution in [0.15, 0.2) is 12.4 Å². The molecule has 3 rings (SSSR count). The molecule has 6 heteroatoms. The van der Waals surface area contributed by atoms with E-state index in [0.717, 1.165) is 51.1 Å². The van der Waals surface area contributed by atoms with Crippen LogP contribution in [0.1, 0.15) is 25.7 Å². The largest absolute Gasteiger partial charge is 0.478 e. The van der Waals surface area contributed by atoms with Gasteiger partial charge in [0.2, 0.25) is 5.91 Å². The van der Waals surface area contributed by atoms with Gasteiger partial charge in [-0.3, -0.25) is 4.79 Å². The minimum Gasteiger partial charge on any atom is -0.478 e. The lowest BCUT2D eigenvalue weighted by molar-refractivity contribution is -0.130. The van der Waals surface area contributed by atoms with Gasteiger partial charge in [0.25, 0.3) is 5.88 Å². The Morgan fingerprint density at radius 2 is 1.95 bits per heavy atom. The molecule has 2 fully saturated rings. The molecule has 3 heterocycles. The number of ether oxygens (including phenoxy) is 1. The first-order valence-corrected chi connectivity index (χ1v) is 7.19. The van der Waals surface area contributed by atoms with Crippen molar-refractivity contribution in [2.75, 3.05) is 31.6 Å². The van der Waals surface area contributed by atoms with E-state index in [2.05, 4.69) is 19.8 Å². The van der Waals surface area contributed by atoms with Crippen molar-refractivity contribution in [2.45, 2.75) is 31.7 Å². The van der Waals surface area contributed by atoms with Gasteiger partial charge in [-0.25, -0.2) is 9.97 Å². The number of carbonyl (C=O) groups is 1. The van der Waals surface area contributed by atoms with E-state index in [1.165, 1.54) is 0 Å². The summed E-state index contributed by atoms with van der Waals surface area (Å²) >= 11 is 0. The molecule has 1 amide bonds. The minimum absolute atomic E-state index is 0.320. The molecular weight excluding hydrogens is 256 g/mol. The zero-order valence-electron chi connectivity index (χ0n) is 11.8. The van der Waals surface area contributed by atoms with Crippen LogP contribution in [0.5, 0.6) is 5.88 Å². The zero-order chi connectivity index (χ0) is 13.9. The predicted molar refractivity (Wildman–Crippen MR) is 74.8 cm³/mol. The quantitative estimate of drug-likeness (QED) is 0.826. The predicted octanol–water partition coefficient (Wildman–Crippen LogP) is 1.08. The minimum atomic E-state index is 0.320. The fraction of sp³-hybridized carbons (Fsp3) is 0.643. The van der Waals surface area contributed by atoms with E-state index in [1.54, 1.807) is 19.5 Å². The molecule has 0 aliphatic carbocycles. The highest BCUT2D eigenvalue weighted by atomic mass is 16.5. The molecule has 0 saturated carbocycles. The lowest BCUT2D eigenvalue weighted by Crippen LogP contribution is -2.45. The lowest BCUT2D eigenvalue weighted by Gasteiger charge is -2.37. The molecular formula is C14H20N4O2. The summed E-state index contributed by atoms with van der Waals surface area (Å²) in [6, 6.07) is 0.393. The van der Waals surface area contributed by atoms with Crippen molar-refractivity contribution in [1.29, 1.82) is 0 Å². The maximum Gasteiger partial charge on any atom is 0.257 e. The number of methoxy groups -OCH3 is 1. The third kappa shape index (κ3) is 2.42. The fourth-order valence-electron chi connectivity index (χ4n) is 3.12. The van der Waals surface area contributed by atoms with Gasteiger partial charge < -0.3 is 14.5 Å². The molecule has 2 aliphatic heterocycles. The second-order valence-electron chi connectivity index (χ2n) is 5.30. The number of piperidine rings is 1. The first-order valence-electron chi connectivity index (χ1n) is 7.19. The van der Waals surface area contributed by atoms with Crippen molar-refractivity contribution in [3.8, 4) is 5.88 Å². The van der Waals surface area contributed by atoms with E-state index in [-0.39, 0.29) is 0 Å². The van der Waals surface area contributed by atoms with Crippen molar-refractivity contribution in [2.24, 2.45) is 0 Å². The Morgan fingerprint density at radius 1 is 1.20 bits per heavy atom. The average Bonchev–Trinajstić information content (AvgIpc) is 2.93. The summed E-state index contributed by atoms with van der Waals surface area (Å²) in [6.45, 7) is 2.71. The van der Waals surface area contributed by atoms with Crippen LogP contribution in [0.25, 0.3) is 0 Å². The van der Waals surface area contributed by atoms with Crippen molar-refractivity contribution >= 4 is 11.7 Å². The summed E-state index contributed by atoms with van der Waals surface area (Å²) in [7, 11) is 1.61. The third-order valence-electron chi connectivity index (χ3n) is 4.15. The molecule has 0 bridgehead atoms. The summed E-state index contributed by atoms with van der Waals surface area (Å²) in [6.07, 6.45) is 7.04. The van der Waals surface area contributed by atoms with Crippen LogP contribution >= 0.6 is 0 Å². The first-order chi connectivity index (χ1) is 9.79. The lowest BCUT2D eigenvalue weighted by atomic mass is 10.0. The van der Waals surface area contributed by atoms with Gasteiger partial charge >= 0.3 is 0 Å². The second kappa shape index (κ2) is 5.64. The molecule has 108 valence electrons. The smallest absolute Gasteiger partial charge is 0.257 e. The highest BCUT2D eigenvalue weighted by Crippen LogP contribution is 2.28. The van der Waals surface area contributed by atoms with Gasteiger partial charge in [-0.2, -0.15) is 0 Å². The Bertz CT molecular complexity index is 486. The third-order valence-corrected chi connectivity index (χ3v) is 4.15. The molecule has 0 N–H and O–H groups in total. The van der Waals surface area contributed by atoms with Gasteiger partial charge in [0.05, 0.1) is 7.11 Å². The standard InChI is InChI=1S/C14H20N4O2/c1-20-14-13(15-6-7-16-14)17-9-4-11(5-10-17)18-8-2-3-12(18)19/h6-7,11H,2-5,8-10H2,1H3. The van der Waals surface area contributed by atoms with Crippen molar-refractivity contribution in [3.05, 3.63) is 12.4 Å². The van der Waals surface area contributed by atoms with Gasteiger partial charge in [-0.05, 0) is 19.3 Å². The number of carbonyl (C=O) groups excluding carboxylic acids is 1. The van der Waals surface area contributed by atoms with Crippen LogP contribution in [0.4, 0.5) is 5.82 Å². The molecule has 0 spiro atoms. The molecule has 20 heavy (non-hydrogen) atoms. The monoisotopic (exact) mass is 276 g/mol. The molecule has 1 aromatic rings. The number of anilines is 1. The highest BCUT2D eigenvalue weighted by molar-refractivity contribution is 5.78. The zero-order valence-corrected chi connectivity index (χ0v) is 11.8. The van der Waals surface area contributed by atoms with Crippen LogP contribution in [0.3, 0.4) is 0 Å². The Labute approximate surface area is 118 Å². The van der Waals surface area contributed by atoms with Crippen LogP contribution in [0.2, 0.25) is 0 Å². The topological polar surface area (TPSA) is 58.6 Å². The number of rotatable bonds is 3. The Morgan fingerprint density at radius 3 is 2.60 bits per heavy atom. The molecule has 0 radical (unpaired) electrons. The van der Waals surface area contributed by atoms with E-state index in [1.807, 2.05) is 0 Å². The molecule has 2 aliphatic rings. The number of hydrogen-bond acceptors (Lipinski definition) is 5. The Balaban J connectivity index is 1.65. The average molecular weight is 276 g/mol. The molecule has 2 saturated heterocycles. The van der Waals surface area contributed by atoms with Gasteiger partial charge in [0.1, 0.15) is 0 Å². The maximum atomic E-state index is 11.8. The number of aromatic nitrogens is 2. The van der Waals surface area contributed by atoms with Crippen LogP contribution in [-0.4, -0.2) is 53.6 Å². The normalized spacial score (nSPS) is 20.6. The molecule has 1 aromatic heterocycles. The summed E-state index contributed by atoms with van der Waals surface area (Å²) < 4.78 is 5.26. The van der Waals surface area contributed by atoms with Crippen LogP contribution < -0.4 is 9.64 Å². The van der Waals surface area contributed by atoms with Crippen molar-refractivity contribution in [3.63, 3.8) is 0 Å². The summed E-state index contributed by atoms with van der Waals surface area (Å²) in [5, 5.41) is 0. The number of hydrogen-bond donors (Lipinski definition) is 0. The Kier molecular flexibility index (Phi) is 3.71. The SMILES string of the molecule is COc1nccnc1N1CCC(N2CCCC2=O)CC1. The molecule has 6 nitrogen and oxygen atoms in total. The van der Waals surface area contributed by atoms with E-state index in [9.17, 15) is 4.79 Å². The van der Waals surface area contributed by atoms with Crippen LogP contribution in [0, 0.1) is 0 Å². The van der Waals surface area contributed by atoms with E-state index in [0.29, 0.717) is 17.8 Å². The molecule has 0 atom stereocenters. The summed E-state index contributed by atoms with van der Waals surface area (Å²) in [5.74, 6) is 1.70. The molecule has 0 aromatic carbocycles. The maximum absolute atomic E-state index is 11.8. The van der Waals surface area contributed by atoms with Gasteiger partial charge in [0, 0.05) is 44.5 Å². The first kappa shape index (κ1) is 13.1. The number of likely N-dealkylation sites (tertiary alicyclic amines) is 1. The highest BCUT2D eigenvalue weighted by Gasteiger charge is 2.31.